The molecule has 0 saturated carbocycles. The minimum Gasteiger partial charge on any atom is -0.465 e. The number of ether oxygens (including phenoxy) is 2. The molecule has 0 aromatic rings. The predicted molar refractivity (Wildman–Crippen MR) is 70.7 cm³/mol. The fourth-order valence-electron chi connectivity index (χ4n) is 1.98. The molecule has 1 N–H and O–H groups in total. The Morgan fingerprint density at radius 2 is 2.21 bits per heavy atom. The summed E-state index contributed by atoms with van der Waals surface area (Å²) in [5.41, 5.74) is 0. The second-order valence-corrected chi connectivity index (χ2v) is 5.00. The normalized spacial score (nSPS) is 19.3. The molecule has 0 aliphatic carbocycles. The van der Waals surface area contributed by atoms with E-state index in [2.05, 4.69) is 5.32 Å². The first-order valence-corrected chi connectivity index (χ1v) is 6.80. The van der Waals surface area contributed by atoms with Gasteiger partial charge in [0.05, 0.1) is 19.8 Å². The van der Waals surface area contributed by atoms with Gasteiger partial charge in [0.15, 0.2) is 0 Å². The zero-order valence-corrected chi connectivity index (χ0v) is 12.0. The predicted octanol–water partition coefficient (Wildman–Crippen LogP) is 0.0225. The van der Waals surface area contributed by atoms with Crippen LogP contribution in [0, 0.1) is 5.92 Å². The summed E-state index contributed by atoms with van der Waals surface area (Å²) in [6.45, 7) is 8.27. The molecular formula is C13H24N2O4. The molecule has 0 bridgehead atoms. The number of carbonyl (C=O) groups excluding carboxylic acids is 2. The smallest absolute Gasteiger partial charge is 0.325 e. The first-order valence-electron chi connectivity index (χ1n) is 6.80. The van der Waals surface area contributed by atoms with Crippen LogP contribution in [-0.4, -0.2) is 62.3 Å². The molecule has 0 radical (unpaired) electrons. The highest BCUT2D eigenvalue weighted by molar-refractivity contribution is 5.86. The molecule has 1 rings (SSSR count). The SMILES string of the molecule is CCOC(=O)CN(CC(C)C)C(=O)C1COCCN1. The van der Waals surface area contributed by atoms with Crippen LogP contribution in [0.4, 0.5) is 0 Å². The Hall–Kier alpha value is -1.14. The van der Waals surface area contributed by atoms with Crippen LogP contribution in [0.1, 0.15) is 20.8 Å². The van der Waals surface area contributed by atoms with Gasteiger partial charge in [-0.25, -0.2) is 0 Å². The van der Waals surface area contributed by atoms with E-state index >= 15 is 0 Å². The van der Waals surface area contributed by atoms with Crippen molar-refractivity contribution in [1.82, 2.24) is 10.2 Å². The Bertz CT molecular complexity index is 301. The van der Waals surface area contributed by atoms with Crippen molar-refractivity contribution in [2.24, 2.45) is 5.92 Å². The molecule has 1 fully saturated rings. The lowest BCUT2D eigenvalue weighted by molar-refractivity contribution is -0.150. The first kappa shape index (κ1) is 15.9. The summed E-state index contributed by atoms with van der Waals surface area (Å²) < 4.78 is 10.2. The van der Waals surface area contributed by atoms with E-state index in [-0.39, 0.29) is 24.5 Å². The summed E-state index contributed by atoms with van der Waals surface area (Å²) in [5, 5.41) is 3.11. The minimum atomic E-state index is -0.367. The highest BCUT2D eigenvalue weighted by atomic mass is 16.5. The third-order valence-electron chi connectivity index (χ3n) is 2.74. The number of esters is 1. The average molecular weight is 272 g/mol. The summed E-state index contributed by atoms with van der Waals surface area (Å²) in [6.07, 6.45) is 0. The fraction of sp³-hybridized carbons (Fsp3) is 0.846. The number of hydrogen-bond acceptors (Lipinski definition) is 5. The molecule has 1 atom stereocenters. The number of rotatable bonds is 6. The van der Waals surface area contributed by atoms with Crippen molar-refractivity contribution in [3.63, 3.8) is 0 Å². The summed E-state index contributed by atoms with van der Waals surface area (Å²) >= 11 is 0. The number of nitrogens with zero attached hydrogens (tertiary/aromatic N) is 1. The largest absolute Gasteiger partial charge is 0.465 e. The number of amides is 1. The van der Waals surface area contributed by atoms with Gasteiger partial charge < -0.3 is 19.7 Å². The van der Waals surface area contributed by atoms with Crippen molar-refractivity contribution in [3.8, 4) is 0 Å². The van der Waals surface area contributed by atoms with Crippen LogP contribution in [0.25, 0.3) is 0 Å². The Kier molecular flexibility index (Phi) is 6.80. The minimum absolute atomic E-state index is 0.00301. The van der Waals surface area contributed by atoms with Crippen molar-refractivity contribution >= 4 is 11.9 Å². The summed E-state index contributed by atoms with van der Waals surface area (Å²) in [7, 11) is 0. The maximum atomic E-state index is 12.3. The van der Waals surface area contributed by atoms with Gasteiger partial charge in [-0.3, -0.25) is 9.59 Å². The van der Waals surface area contributed by atoms with Crippen molar-refractivity contribution in [2.45, 2.75) is 26.8 Å². The van der Waals surface area contributed by atoms with E-state index in [0.29, 0.717) is 38.8 Å². The molecule has 0 spiro atoms. The van der Waals surface area contributed by atoms with E-state index in [1.54, 1.807) is 11.8 Å². The van der Waals surface area contributed by atoms with Crippen LogP contribution in [0.5, 0.6) is 0 Å². The standard InChI is InChI=1S/C13H24N2O4/c1-4-19-12(16)8-15(7-10(2)3)13(17)11-9-18-6-5-14-11/h10-11,14H,4-9H2,1-3H3. The first-order chi connectivity index (χ1) is 9.04. The maximum Gasteiger partial charge on any atom is 0.325 e. The van der Waals surface area contributed by atoms with Gasteiger partial charge >= 0.3 is 5.97 Å². The van der Waals surface area contributed by atoms with Crippen molar-refractivity contribution in [3.05, 3.63) is 0 Å². The van der Waals surface area contributed by atoms with Crippen molar-refractivity contribution in [1.29, 1.82) is 0 Å². The van der Waals surface area contributed by atoms with Gasteiger partial charge in [0.2, 0.25) is 5.91 Å². The Labute approximate surface area is 114 Å². The van der Waals surface area contributed by atoms with E-state index in [4.69, 9.17) is 9.47 Å². The molecule has 6 heteroatoms. The lowest BCUT2D eigenvalue weighted by atomic mass is 10.1. The molecule has 6 nitrogen and oxygen atoms in total. The molecule has 0 aromatic carbocycles. The number of nitrogens with one attached hydrogen (secondary N) is 1. The quantitative estimate of drug-likeness (QED) is 0.691. The Morgan fingerprint density at radius 1 is 1.47 bits per heavy atom. The van der Waals surface area contributed by atoms with Gasteiger partial charge in [-0.15, -0.1) is 0 Å². The van der Waals surface area contributed by atoms with Crippen LogP contribution < -0.4 is 5.32 Å². The molecule has 1 saturated heterocycles. The van der Waals surface area contributed by atoms with Crippen molar-refractivity contribution < 1.29 is 19.1 Å². The van der Waals surface area contributed by atoms with Crippen LogP contribution in [0.2, 0.25) is 0 Å². The van der Waals surface area contributed by atoms with Gasteiger partial charge in [0.25, 0.3) is 0 Å². The maximum absolute atomic E-state index is 12.3. The Balaban J connectivity index is 2.60. The lowest BCUT2D eigenvalue weighted by Gasteiger charge is -2.30. The summed E-state index contributed by atoms with van der Waals surface area (Å²) in [6, 6.07) is -0.359. The van der Waals surface area contributed by atoms with Crippen LogP contribution in [0.3, 0.4) is 0 Å². The molecule has 1 unspecified atom stereocenters. The monoisotopic (exact) mass is 272 g/mol. The molecule has 1 aliphatic heterocycles. The van der Waals surface area contributed by atoms with E-state index in [1.165, 1.54) is 0 Å². The van der Waals surface area contributed by atoms with Crippen molar-refractivity contribution in [2.75, 3.05) is 39.5 Å². The van der Waals surface area contributed by atoms with Gasteiger partial charge in [0, 0.05) is 13.1 Å². The van der Waals surface area contributed by atoms with E-state index in [9.17, 15) is 9.59 Å². The Morgan fingerprint density at radius 3 is 2.74 bits per heavy atom. The summed E-state index contributed by atoms with van der Waals surface area (Å²) in [4.78, 5) is 25.5. The molecule has 110 valence electrons. The highest BCUT2D eigenvalue weighted by Crippen LogP contribution is 2.05. The lowest BCUT2D eigenvalue weighted by Crippen LogP contribution is -2.54. The number of morpholine rings is 1. The molecule has 19 heavy (non-hydrogen) atoms. The molecule has 1 heterocycles. The number of hydrogen-bond donors (Lipinski definition) is 1. The third-order valence-corrected chi connectivity index (χ3v) is 2.74. The second kappa shape index (κ2) is 8.12. The molecule has 1 aliphatic rings. The van der Waals surface area contributed by atoms with Gasteiger partial charge in [0.1, 0.15) is 12.6 Å². The second-order valence-electron chi connectivity index (χ2n) is 5.00. The topological polar surface area (TPSA) is 67.9 Å². The van der Waals surface area contributed by atoms with Crippen LogP contribution >= 0.6 is 0 Å². The third kappa shape index (κ3) is 5.57. The summed E-state index contributed by atoms with van der Waals surface area (Å²) in [5.74, 6) is -0.169. The molecule has 0 aromatic heterocycles. The molecule has 1 amide bonds. The zero-order valence-electron chi connectivity index (χ0n) is 12.0. The van der Waals surface area contributed by atoms with Gasteiger partial charge in [-0.05, 0) is 12.8 Å². The zero-order chi connectivity index (χ0) is 14.3. The fourth-order valence-corrected chi connectivity index (χ4v) is 1.98. The van der Waals surface area contributed by atoms with Gasteiger partial charge in [-0.1, -0.05) is 13.8 Å². The number of carbonyl (C=O) groups is 2. The van der Waals surface area contributed by atoms with Gasteiger partial charge in [-0.2, -0.15) is 0 Å². The highest BCUT2D eigenvalue weighted by Gasteiger charge is 2.28. The average Bonchev–Trinajstić information content (AvgIpc) is 2.38. The van der Waals surface area contributed by atoms with Crippen LogP contribution in [-0.2, 0) is 19.1 Å². The van der Waals surface area contributed by atoms with E-state index in [0.717, 1.165) is 0 Å². The van der Waals surface area contributed by atoms with E-state index < -0.39 is 0 Å². The van der Waals surface area contributed by atoms with Crippen LogP contribution in [0.15, 0.2) is 0 Å². The molecular weight excluding hydrogens is 248 g/mol. The van der Waals surface area contributed by atoms with E-state index in [1.807, 2.05) is 13.8 Å².